The van der Waals surface area contributed by atoms with Crippen LogP contribution in [-0.4, -0.2) is 35.4 Å². The fourth-order valence-corrected chi connectivity index (χ4v) is 4.07. The molecular weight excluding hydrogens is 350 g/mol. The SMILES string of the molecule is Cc1ccc2nc(C)cc(C(=O)NCC(c3ccco3)N3CCCCC3)c2c1. The van der Waals surface area contributed by atoms with Crippen LogP contribution in [0.1, 0.15) is 52.7 Å². The molecule has 28 heavy (non-hydrogen) atoms. The third-order valence-corrected chi connectivity index (χ3v) is 5.50. The van der Waals surface area contributed by atoms with Gasteiger partial charge in [-0.25, -0.2) is 0 Å². The molecule has 3 aromatic rings. The summed E-state index contributed by atoms with van der Waals surface area (Å²) in [6.45, 7) is 6.57. The lowest BCUT2D eigenvalue weighted by molar-refractivity contribution is 0.0915. The molecule has 0 spiro atoms. The maximum atomic E-state index is 13.1. The second kappa shape index (κ2) is 8.15. The van der Waals surface area contributed by atoms with Crippen LogP contribution < -0.4 is 5.32 Å². The van der Waals surface area contributed by atoms with Crippen molar-refractivity contribution in [2.24, 2.45) is 0 Å². The van der Waals surface area contributed by atoms with Crippen LogP contribution in [0, 0.1) is 13.8 Å². The maximum Gasteiger partial charge on any atom is 0.252 e. The van der Waals surface area contributed by atoms with E-state index < -0.39 is 0 Å². The number of benzene rings is 1. The molecule has 5 heteroatoms. The molecule has 1 atom stereocenters. The number of nitrogens with zero attached hydrogens (tertiary/aromatic N) is 2. The number of carbonyl (C=O) groups excluding carboxylic acids is 1. The lowest BCUT2D eigenvalue weighted by Crippen LogP contribution is -2.40. The van der Waals surface area contributed by atoms with Crippen LogP contribution in [-0.2, 0) is 0 Å². The molecule has 1 amide bonds. The summed E-state index contributed by atoms with van der Waals surface area (Å²) in [7, 11) is 0. The first-order chi connectivity index (χ1) is 13.6. The van der Waals surface area contributed by atoms with E-state index in [0.29, 0.717) is 12.1 Å². The van der Waals surface area contributed by atoms with Crippen LogP contribution in [0.3, 0.4) is 0 Å². The summed E-state index contributed by atoms with van der Waals surface area (Å²) < 4.78 is 5.69. The van der Waals surface area contributed by atoms with Gasteiger partial charge in [0.15, 0.2) is 0 Å². The Morgan fingerprint density at radius 2 is 2.00 bits per heavy atom. The van der Waals surface area contributed by atoms with Gasteiger partial charge in [-0.2, -0.15) is 0 Å². The van der Waals surface area contributed by atoms with Gasteiger partial charge in [0.25, 0.3) is 5.91 Å². The van der Waals surface area contributed by atoms with E-state index in [4.69, 9.17) is 4.42 Å². The molecule has 3 heterocycles. The Morgan fingerprint density at radius 1 is 1.18 bits per heavy atom. The number of piperidine rings is 1. The number of hydrogen-bond acceptors (Lipinski definition) is 4. The molecule has 0 aliphatic carbocycles. The third kappa shape index (κ3) is 3.94. The zero-order valence-electron chi connectivity index (χ0n) is 16.6. The Morgan fingerprint density at radius 3 is 2.75 bits per heavy atom. The predicted molar refractivity (Wildman–Crippen MR) is 110 cm³/mol. The third-order valence-electron chi connectivity index (χ3n) is 5.50. The number of fused-ring (bicyclic) bond motifs is 1. The average Bonchev–Trinajstić information content (AvgIpc) is 3.23. The van der Waals surface area contributed by atoms with Crippen molar-refractivity contribution in [3.05, 3.63) is 65.2 Å². The molecule has 1 unspecified atom stereocenters. The molecule has 1 fully saturated rings. The van der Waals surface area contributed by atoms with E-state index in [1.54, 1.807) is 6.26 Å². The summed E-state index contributed by atoms with van der Waals surface area (Å²) >= 11 is 0. The fraction of sp³-hybridized carbons (Fsp3) is 0.391. The highest BCUT2D eigenvalue weighted by molar-refractivity contribution is 6.06. The lowest BCUT2D eigenvalue weighted by atomic mass is 10.0. The zero-order valence-corrected chi connectivity index (χ0v) is 16.6. The molecule has 1 saturated heterocycles. The van der Waals surface area contributed by atoms with Crippen molar-refractivity contribution in [3.8, 4) is 0 Å². The van der Waals surface area contributed by atoms with Gasteiger partial charge in [0.2, 0.25) is 0 Å². The number of pyridine rings is 1. The van der Waals surface area contributed by atoms with Gasteiger partial charge in [-0.15, -0.1) is 0 Å². The fourth-order valence-electron chi connectivity index (χ4n) is 4.07. The summed E-state index contributed by atoms with van der Waals surface area (Å²) in [5.74, 6) is 0.850. The monoisotopic (exact) mass is 377 g/mol. The van der Waals surface area contributed by atoms with Gasteiger partial charge in [-0.1, -0.05) is 18.1 Å². The first-order valence-corrected chi connectivity index (χ1v) is 10.1. The van der Waals surface area contributed by atoms with E-state index in [9.17, 15) is 4.79 Å². The van der Waals surface area contributed by atoms with E-state index in [1.807, 2.05) is 50.2 Å². The molecule has 2 aromatic heterocycles. The van der Waals surface area contributed by atoms with Crippen molar-refractivity contribution in [2.45, 2.75) is 39.2 Å². The molecule has 1 aliphatic heterocycles. The molecule has 146 valence electrons. The lowest BCUT2D eigenvalue weighted by Gasteiger charge is -2.33. The smallest absolute Gasteiger partial charge is 0.252 e. The normalized spacial score (nSPS) is 16.2. The molecule has 0 radical (unpaired) electrons. The Bertz CT molecular complexity index is 959. The highest BCUT2D eigenvalue weighted by atomic mass is 16.3. The predicted octanol–water partition coefficient (Wildman–Crippen LogP) is 4.40. The molecule has 5 nitrogen and oxygen atoms in total. The number of furan rings is 1. The van der Waals surface area contributed by atoms with Crippen molar-refractivity contribution in [1.29, 1.82) is 0 Å². The quantitative estimate of drug-likeness (QED) is 0.716. The number of amides is 1. The van der Waals surface area contributed by atoms with Gasteiger partial charge in [0.05, 0.1) is 23.4 Å². The van der Waals surface area contributed by atoms with Gasteiger partial charge in [-0.3, -0.25) is 14.7 Å². The number of nitrogens with one attached hydrogen (secondary N) is 1. The summed E-state index contributed by atoms with van der Waals surface area (Å²) in [4.78, 5) is 20.1. The average molecular weight is 377 g/mol. The Kier molecular flexibility index (Phi) is 5.44. The number of hydrogen-bond donors (Lipinski definition) is 1. The minimum Gasteiger partial charge on any atom is -0.468 e. The first kappa shape index (κ1) is 18.7. The number of aromatic nitrogens is 1. The summed E-state index contributed by atoms with van der Waals surface area (Å²) in [6.07, 6.45) is 5.36. The van der Waals surface area contributed by atoms with Gasteiger partial charge < -0.3 is 9.73 Å². The summed E-state index contributed by atoms with van der Waals surface area (Å²) in [5, 5.41) is 4.05. The highest BCUT2D eigenvalue weighted by Crippen LogP contribution is 2.25. The van der Waals surface area contributed by atoms with Gasteiger partial charge >= 0.3 is 0 Å². The van der Waals surface area contributed by atoms with Crippen molar-refractivity contribution in [2.75, 3.05) is 19.6 Å². The van der Waals surface area contributed by atoms with Gasteiger partial charge in [-0.05, 0) is 70.1 Å². The van der Waals surface area contributed by atoms with Crippen molar-refractivity contribution >= 4 is 16.8 Å². The minimum absolute atomic E-state index is 0.0605. The van der Waals surface area contributed by atoms with Gasteiger partial charge in [0.1, 0.15) is 5.76 Å². The number of likely N-dealkylation sites (tertiary alicyclic amines) is 1. The largest absolute Gasteiger partial charge is 0.468 e. The summed E-state index contributed by atoms with van der Waals surface area (Å²) in [5.41, 5.74) is 3.51. The van der Waals surface area contributed by atoms with Crippen LogP contribution in [0.25, 0.3) is 10.9 Å². The molecule has 1 N–H and O–H groups in total. The maximum absolute atomic E-state index is 13.1. The number of rotatable bonds is 5. The van der Waals surface area contributed by atoms with E-state index in [2.05, 4.69) is 15.2 Å². The molecule has 0 saturated carbocycles. The van der Waals surface area contributed by atoms with Crippen LogP contribution in [0.4, 0.5) is 0 Å². The van der Waals surface area contributed by atoms with Crippen molar-refractivity contribution in [3.63, 3.8) is 0 Å². The van der Waals surface area contributed by atoms with Crippen molar-refractivity contribution < 1.29 is 9.21 Å². The highest BCUT2D eigenvalue weighted by Gasteiger charge is 2.25. The second-order valence-corrected chi connectivity index (χ2v) is 7.67. The van der Waals surface area contributed by atoms with Crippen LogP contribution in [0.15, 0.2) is 47.1 Å². The molecule has 1 aliphatic rings. The Hall–Kier alpha value is -2.66. The number of aryl methyl sites for hydroxylation is 2. The Labute approximate surface area is 165 Å². The first-order valence-electron chi connectivity index (χ1n) is 10.1. The van der Waals surface area contributed by atoms with Gasteiger partial charge in [0, 0.05) is 17.6 Å². The van der Waals surface area contributed by atoms with E-state index in [1.165, 1.54) is 19.3 Å². The molecule has 0 bridgehead atoms. The standard InChI is InChI=1S/C23H27N3O2/c1-16-8-9-20-18(13-16)19(14-17(2)25-20)23(27)24-15-21(22-7-6-12-28-22)26-10-4-3-5-11-26/h6-9,12-14,21H,3-5,10-11,15H2,1-2H3,(H,24,27). The zero-order chi connectivity index (χ0) is 19.5. The number of carbonyl (C=O) groups is 1. The molecule has 1 aromatic carbocycles. The van der Waals surface area contributed by atoms with Crippen LogP contribution in [0.5, 0.6) is 0 Å². The van der Waals surface area contributed by atoms with E-state index >= 15 is 0 Å². The van der Waals surface area contributed by atoms with Crippen LogP contribution >= 0.6 is 0 Å². The second-order valence-electron chi connectivity index (χ2n) is 7.67. The van der Waals surface area contributed by atoms with E-state index in [0.717, 1.165) is 41.0 Å². The molecular formula is C23H27N3O2. The van der Waals surface area contributed by atoms with Crippen molar-refractivity contribution in [1.82, 2.24) is 15.2 Å². The summed E-state index contributed by atoms with van der Waals surface area (Å²) in [6, 6.07) is 11.9. The Balaban J connectivity index is 1.57. The topological polar surface area (TPSA) is 58.4 Å². The molecule has 4 rings (SSSR count). The van der Waals surface area contributed by atoms with Crippen LogP contribution in [0.2, 0.25) is 0 Å². The van der Waals surface area contributed by atoms with E-state index in [-0.39, 0.29) is 11.9 Å². The minimum atomic E-state index is -0.0605.